The van der Waals surface area contributed by atoms with Crippen LogP contribution in [-0.2, 0) is 14.8 Å². The van der Waals surface area contributed by atoms with Crippen molar-refractivity contribution in [1.29, 1.82) is 0 Å². The van der Waals surface area contributed by atoms with Gasteiger partial charge in [0.2, 0.25) is 15.9 Å². The van der Waals surface area contributed by atoms with Gasteiger partial charge in [0.1, 0.15) is 13.2 Å². The largest absolute Gasteiger partial charge is 0.486 e. The summed E-state index contributed by atoms with van der Waals surface area (Å²) in [6.07, 6.45) is 0. The van der Waals surface area contributed by atoms with Crippen molar-refractivity contribution >= 4 is 21.6 Å². The summed E-state index contributed by atoms with van der Waals surface area (Å²) in [5.74, 6) is 0.566. The van der Waals surface area contributed by atoms with E-state index in [-0.39, 0.29) is 17.3 Å². The molecule has 26 heavy (non-hydrogen) atoms. The maximum Gasteiger partial charge on any atom is 0.243 e. The Labute approximate surface area is 152 Å². The van der Waals surface area contributed by atoms with Gasteiger partial charge in [-0.2, -0.15) is 4.31 Å². The second-order valence-corrected chi connectivity index (χ2v) is 7.90. The third-order valence-corrected chi connectivity index (χ3v) is 5.90. The van der Waals surface area contributed by atoms with Crippen LogP contribution >= 0.6 is 0 Å². The number of amides is 1. The van der Waals surface area contributed by atoms with Gasteiger partial charge in [0.25, 0.3) is 0 Å². The fraction of sp³-hybridized carbons (Fsp3) is 0.278. The molecule has 0 atom stereocenters. The van der Waals surface area contributed by atoms with Crippen molar-refractivity contribution in [3.8, 4) is 11.5 Å². The van der Waals surface area contributed by atoms with Crippen LogP contribution in [0.2, 0.25) is 0 Å². The van der Waals surface area contributed by atoms with Crippen LogP contribution in [0.5, 0.6) is 11.5 Å². The lowest BCUT2D eigenvalue weighted by atomic mass is 10.3. The molecule has 0 bridgehead atoms. The highest BCUT2D eigenvalue weighted by Crippen LogP contribution is 2.32. The SMILES string of the molecule is CN(C(=O)CN(C)S(=O)(=O)c1ccc2c(c1)OCCO2)c1ccccc1. The molecule has 0 saturated carbocycles. The summed E-state index contributed by atoms with van der Waals surface area (Å²) in [4.78, 5) is 13.9. The summed E-state index contributed by atoms with van der Waals surface area (Å²) in [5.41, 5.74) is 0.697. The highest BCUT2D eigenvalue weighted by Gasteiger charge is 2.26. The molecule has 0 saturated heterocycles. The highest BCUT2D eigenvalue weighted by molar-refractivity contribution is 7.89. The molecule has 0 N–H and O–H groups in total. The number of fused-ring (bicyclic) bond motifs is 1. The molecule has 8 heteroatoms. The molecule has 2 aromatic carbocycles. The maximum atomic E-state index is 12.8. The average Bonchev–Trinajstić information content (AvgIpc) is 2.67. The second kappa shape index (κ2) is 7.35. The third-order valence-electron chi connectivity index (χ3n) is 4.10. The summed E-state index contributed by atoms with van der Waals surface area (Å²) < 4.78 is 37.4. The molecule has 7 nitrogen and oxygen atoms in total. The molecule has 1 amide bonds. The molecule has 2 aromatic rings. The van der Waals surface area contributed by atoms with E-state index in [2.05, 4.69) is 0 Å². The van der Waals surface area contributed by atoms with E-state index in [1.807, 2.05) is 18.2 Å². The Morgan fingerprint density at radius 1 is 1.00 bits per heavy atom. The molecule has 3 rings (SSSR count). The molecule has 1 aliphatic heterocycles. The van der Waals surface area contributed by atoms with Crippen LogP contribution in [0, 0.1) is 0 Å². The molecule has 0 spiro atoms. The van der Waals surface area contributed by atoms with Crippen LogP contribution in [0.15, 0.2) is 53.4 Å². The quantitative estimate of drug-likeness (QED) is 0.795. The summed E-state index contributed by atoms with van der Waals surface area (Å²) >= 11 is 0. The number of hydrogen-bond donors (Lipinski definition) is 0. The number of ether oxygens (including phenoxy) is 2. The first-order chi connectivity index (χ1) is 12.4. The number of benzene rings is 2. The Morgan fingerprint density at radius 3 is 2.35 bits per heavy atom. The van der Waals surface area contributed by atoms with Crippen molar-refractivity contribution in [3.63, 3.8) is 0 Å². The van der Waals surface area contributed by atoms with Crippen LogP contribution in [0.3, 0.4) is 0 Å². The van der Waals surface area contributed by atoms with Crippen LogP contribution in [0.4, 0.5) is 5.69 Å². The second-order valence-electron chi connectivity index (χ2n) is 5.85. The van der Waals surface area contributed by atoms with Gasteiger partial charge in [-0.15, -0.1) is 0 Å². The van der Waals surface area contributed by atoms with Gasteiger partial charge in [-0.05, 0) is 24.3 Å². The molecule has 0 aliphatic carbocycles. The molecule has 1 aliphatic rings. The van der Waals surface area contributed by atoms with Crippen LogP contribution < -0.4 is 14.4 Å². The summed E-state index contributed by atoms with van der Waals surface area (Å²) in [6, 6.07) is 13.5. The number of hydrogen-bond acceptors (Lipinski definition) is 5. The van der Waals surface area contributed by atoms with Gasteiger partial charge in [-0.25, -0.2) is 8.42 Å². The Hall–Kier alpha value is -2.58. The Balaban J connectivity index is 1.76. The van der Waals surface area contributed by atoms with Gasteiger partial charge in [-0.1, -0.05) is 18.2 Å². The first kappa shape index (κ1) is 18.2. The van der Waals surface area contributed by atoms with Gasteiger partial charge < -0.3 is 14.4 Å². The van der Waals surface area contributed by atoms with Crippen LogP contribution in [0.25, 0.3) is 0 Å². The number of anilines is 1. The topological polar surface area (TPSA) is 76.2 Å². The predicted octanol–water partition coefficient (Wildman–Crippen LogP) is 1.74. The predicted molar refractivity (Wildman–Crippen MR) is 97.1 cm³/mol. The van der Waals surface area contributed by atoms with E-state index < -0.39 is 10.0 Å². The van der Waals surface area contributed by atoms with E-state index in [1.54, 1.807) is 25.2 Å². The fourth-order valence-electron chi connectivity index (χ4n) is 2.54. The zero-order chi connectivity index (χ0) is 18.7. The zero-order valence-electron chi connectivity index (χ0n) is 14.6. The number of nitrogens with zero attached hydrogens (tertiary/aromatic N) is 2. The summed E-state index contributed by atoms with van der Waals surface area (Å²) in [6.45, 7) is 0.522. The van der Waals surface area contributed by atoms with E-state index in [4.69, 9.17) is 9.47 Å². The van der Waals surface area contributed by atoms with Crippen molar-refractivity contribution in [2.45, 2.75) is 4.90 Å². The van der Waals surface area contributed by atoms with Crippen LogP contribution in [-0.4, -0.2) is 52.5 Å². The number of para-hydroxylation sites is 1. The van der Waals surface area contributed by atoms with E-state index in [9.17, 15) is 13.2 Å². The van der Waals surface area contributed by atoms with Gasteiger partial charge in [0.05, 0.1) is 11.4 Å². The Morgan fingerprint density at radius 2 is 1.65 bits per heavy atom. The first-order valence-electron chi connectivity index (χ1n) is 8.07. The zero-order valence-corrected chi connectivity index (χ0v) is 15.4. The molecular formula is C18H20N2O5S. The van der Waals surface area contributed by atoms with Gasteiger partial charge in [0.15, 0.2) is 11.5 Å². The minimum absolute atomic E-state index is 0.0550. The number of carbonyl (C=O) groups is 1. The number of sulfonamides is 1. The Kier molecular flexibility index (Phi) is 5.15. The van der Waals surface area contributed by atoms with Gasteiger partial charge >= 0.3 is 0 Å². The number of likely N-dealkylation sites (N-methyl/N-ethyl adjacent to an activating group) is 2. The Bertz CT molecular complexity index is 899. The molecule has 0 fully saturated rings. The van der Waals surface area contributed by atoms with Gasteiger partial charge in [-0.3, -0.25) is 4.79 Å². The first-order valence-corrected chi connectivity index (χ1v) is 9.51. The number of rotatable bonds is 5. The lowest BCUT2D eigenvalue weighted by Gasteiger charge is -2.23. The molecule has 138 valence electrons. The van der Waals surface area contributed by atoms with Crippen molar-refractivity contribution in [1.82, 2.24) is 4.31 Å². The van der Waals surface area contributed by atoms with Gasteiger partial charge in [0, 0.05) is 25.8 Å². The molecule has 1 heterocycles. The smallest absolute Gasteiger partial charge is 0.243 e. The monoisotopic (exact) mass is 376 g/mol. The molecule has 0 radical (unpaired) electrons. The third kappa shape index (κ3) is 3.66. The fourth-order valence-corrected chi connectivity index (χ4v) is 3.68. The van der Waals surface area contributed by atoms with E-state index in [1.165, 1.54) is 24.1 Å². The van der Waals surface area contributed by atoms with Crippen molar-refractivity contribution in [2.75, 3.05) is 38.8 Å². The van der Waals surface area contributed by atoms with Crippen molar-refractivity contribution < 1.29 is 22.7 Å². The van der Waals surface area contributed by atoms with Crippen molar-refractivity contribution in [3.05, 3.63) is 48.5 Å². The standard InChI is InChI=1S/C18H20N2O5S/c1-19(13-18(21)20(2)14-6-4-3-5-7-14)26(22,23)15-8-9-16-17(12-15)25-11-10-24-16/h3-9,12H,10-11,13H2,1-2H3. The maximum absolute atomic E-state index is 12.8. The number of carbonyl (C=O) groups excluding carboxylic acids is 1. The summed E-state index contributed by atoms with van der Waals surface area (Å²) in [5, 5.41) is 0. The van der Waals surface area contributed by atoms with E-state index in [0.717, 1.165) is 4.31 Å². The minimum Gasteiger partial charge on any atom is -0.486 e. The lowest BCUT2D eigenvalue weighted by molar-refractivity contribution is -0.118. The summed E-state index contributed by atoms with van der Waals surface area (Å²) in [7, 11) is -0.842. The normalized spacial score (nSPS) is 13.5. The minimum atomic E-state index is -3.83. The van der Waals surface area contributed by atoms with Crippen LogP contribution in [0.1, 0.15) is 0 Å². The van der Waals surface area contributed by atoms with E-state index >= 15 is 0 Å². The average molecular weight is 376 g/mol. The highest BCUT2D eigenvalue weighted by atomic mass is 32.2. The van der Waals surface area contributed by atoms with E-state index in [0.29, 0.717) is 30.4 Å². The van der Waals surface area contributed by atoms with Crippen molar-refractivity contribution in [2.24, 2.45) is 0 Å². The molecule has 0 unspecified atom stereocenters. The molecule has 0 aromatic heterocycles. The lowest BCUT2D eigenvalue weighted by Crippen LogP contribution is -2.39. The molecular weight excluding hydrogens is 356 g/mol.